The number of aryl methyl sites for hydroxylation is 1. The van der Waals surface area contributed by atoms with Gasteiger partial charge in [0, 0.05) is 13.1 Å². The molecule has 0 spiro atoms. The fourth-order valence-corrected chi connectivity index (χ4v) is 3.29. The van der Waals surface area contributed by atoms with Crippen molar-refractivity contribution in [2.45, 2.75) is 26.3 Å². The van der Waals surface area contributed by atoms with E-state index in [0.717, 1.165) is 12.8 Å². The molecule has 8 heteroatoms. The molecule has 2 heterocycles. The van der Waals surface area contributed by atoms with E-state index < -0.39 is 10.2 Å². The minimum atomic E-state index is -3.46. The Morgan fingerprint density at radius 1 is 1.53 bits per heavy atom. The predicted molar refractivity (Wildman–Crippen MR) is 70.4 cm³/mol. The van der Waals surface area contributed by atoms with Gasteiger partial charge in [-0.05, 0) is 32.2 Å². The number of piperidine rings is 1. The van der Waals surface area contributed by atoms with E-state index in [-0.39, 0.29) is 6.54 Å². The second kappa shape index (κ2) is 6.00. The van der Waals surface area contributed by atoms with Crippen LogP contribution < -0.4 is 10.5 Å². The normalized spacial score (nSPS) is 18.8. The number of oxazole rings is 1. The highest BCUT2D eigenvalue weighted by Gasteiger charge is 2.27. The van der Waals surface area contributed by atoms with Crippen molar-refractivity contribution in [2.24, 2.45) is 11.7 Å². The molecule has 19 heavy (non-hydrogen) atoms. The van der Waals surface area contributed by atoms with Gasteiger partial charge >= 0.3 is 0 Å². The monoisotopic (exact) mass is 288 g/mol. The van der Waals surface area contributed by atoms with E-state index in [4.69, 9.17) is 10.2 Å². The zero-order valence-electron chi connectivity index (χ0n) is 11.0. The summed E-state index contributed by atoms with van der Waals surface area (Å²) in [5.74, 6) is 1.47. The van der Waals surface area contributed by atoms with E-state index in [0.29, 0.717) is 37.2 Å². The summed E-state index contributed by atoms with van der Waals surface area (Å²) in [7, 11) is -3.46. The predicted octanol–water partition coefficient (Wildman–Crippen LogP) is -0.0119. The third-order valence-corrected chi connectivity index (χ3v) is 4.88. The van der Waals surface area contributed by atoms with Crippen LogP contribution in [0.15, 0.2) is 10.6 Å². The first-order chi connectivity index (χ1) is 9.01. The molecule has 1 aliphatic heterocycles. The molecule has 0 bridgehead atoms. The smallest absolute Gasteiger partial charge is 0.279 e. The van der Waals surface area contributed by atoms with Crippen molar-refractivity contribution in [1.82, 2.24) is 14.0 Å². The van der Waals surface area contributed by atoms with Crippen molar-refractivity contribution in [1.29, 1.82) is 0 Å². The first-order valence-electron chi connectivity index (χ1n) is 6.37. The molecule has 0 radical (unpaired) electrons. The molecule has 1 saturated heterocycles. The maximum absolute atomic E-state index is 12.1. The molecule has 0 aromatic carbocycles. The van der Waals surface area contributed by atoms with E-state index in [9.17, 15) is 8.42 Å². The highest BCUT2D eigenvalue weighted by molar-refractivity contribution is 7.87. The number of nitrogens with zero attached hydrogens (tertiary/aromatic N) is 2. The number of hydrogen-bond donors (Lipinski definition) is 2. The van der Waals surface area contributed by atoms with Crippen LogP contribution in [-0.2, 0) is 16.8 Å². The lowest BCUT2D eigenvalue weighted by molar-refractivity contribution is 0.275. The van der Waals surface area contributed by atoms with Crippen molar-refractivity contribution in [3.63, 3.8) is 0 Å². The van der Waals surface area contributed by atoms with Crippen molar-refractivity contribution >= 4 is 10.2 Å². The quantitative estimate of drug-likeness (QED) is 0.793. The Labute approximate surface area is 113 Å². The molecule has 1 aromatic rings. The Morgan fingerprint density at radius 3 is 2.74 bits per heavy atom. The van der Waals surface area contributed by atoms with Crippen LogP contribution in [0.4, 0.5) is 0 Å². The van der Waals surface area contributed by atoms with Crippen LogP contribution in [0.3, 0.4) is 0 Å². The second-order valence-corrected chi connectivity index (χ2v) is 6.52. The van der Waals surface area contributed by atoms with Crippen molar-refractivity contribution in [3.8, 4) is 0 Å². The third kappa shape index (κ3) is 3.75. The van der Waals surface area contributed by atoms with Crippen LogP contribution in [0.5, 0.6) is 0 Å². The summed E-state index contributed by atoms with van der Waals surface area (Å²) in [5.41, 5.74) is 5.59. The lowest BCUT2D eigenvalue weighted by atomic mass is 9.99. The minimum Gasteiger partial charge on any atom is -0.445 e. The van der Waals surface area contributed by atoms with Gasteiger partial charge < -0.3 is 10.2 Å². The van der Waals surface area contributed by atoms with Crippen LogP contribution >= 0.6 is 0 Å². The summed E-state index contributed by atoms with van der Waals surface area (Å²) in [6, 6.07) is 0. The van der Waals surface area contributed by atoms with Crippen LogP contribution in [0, 0.1) is 12.8 Å². The molecule has 0 atom stereocenters. The Hall–Kier alpha value is -0.960. The molecule has 2 rings (SSSR count). The maximum atomic E-state index is 12.1. The Morgan fingerprint density at radius 2 is 2.21 bits per heavy atom. The SMILES string of the molecule is Cc1cnc(CNS(=O)(=O)N2CCC(CN)CC2)o1. The van der Waals surface area contributed by atoms with Gasteiger partial charge in [-0.25, -0.2) is 4.98 Å². The van der Waals surface area contributed by atoms with Crippen molar-refractivity contribution in [2.75, 3.05) is 19.6 Å². The van der Waals surface area contributed by atoms with Crippen LogP contribution in [0.25, 0.3) is 0 Å². The summed E-state index contributed by atoms with van der Waals surface area (Å²) < 4.78 is 33.3. The molecule has 3 N–H and O–H groups in total. The molecule has 108 valence electrons. The molecule has 0 aliphatic carbocycles. The van der Waals surface area contributed by atoms with E-state index in [2.05, 4.69) is 9.71 Å². The van der Waals surface area contributed by atoms with Crippen LogP contribution in [0.2, 0.25) is 0 Å². The van der Waals surface area contributed by atoms with E-state index in [1.807, 2.05) is 0 Å². The Bertz CT molecular complexity index is 506. The van der Waals surface area contributed by atoms with Crippen LogP contribution in [-0.4, -0.2) is 37.3 Å². The molecule has 1 aliphatic rings. The zero-order chi connectivity index (χ0) is 13.9. The molecule has 0 saturated carbocycles. The topological polar surface area (TPSA) is 101 Å². The van der Waals surface area contributed by atoms with Gasteiger partial charge in [-0.3, -0.25) is 0 Å². The minimum absolute atomic E-state index is 0.0764. The standard InChI is InChI=1S/C11H20N4O3S/c1-9-7-13-11(18-9)8-14-19(16,17)15-4-2-10(6-12)3-5-15/h7,10,14H,2-6,8,12H2,1H3. The van der Waals surface area contributed by atoms with Crippen LogP contribution in [0.1, 0.15) is 24.5 Å². The lowest BCUT2D eigenvalue weighted by Crippen LogP contribution is -2.45. The van der Waals surface area contributed by atoms with Crippen molar-refractivity contribution < 1.29 is 12.8 Å². The maximum Gasteiger partial charge on any atom is 0.279 e. The number of rotatable bonds is 5. The number of aromatic nitrogens is 1. The molecule has 0 unspecified atom stereocenters. The second-order valence-electron chi connectivity index (χ2n) is 4.77. The van der Waals surface area contributed by atoms with Gasteiger partial charge in [0.15, 0.2) is 0 Å². The Balaban J connectivity index is 1.88. The van der Waals surface area contributed by atoms with Crippen molar-refractivity contribution in [3.05, 3.63) is 17.8 Å². The summed E-state index contributed by atoms with van der Waals surface area (Å²) in [6.07, 6.45) is 3.20. The summed E-state index contributed by atoms with van der Waals surface area (Å²) in [6.45, 7) is 3.50. The largest absolute Gasteiger partial charge is 0.445 e. The van der Waals surface area contributed by atoms with Gasteiger partial charge in [0.1, 0.15) is 5.76 Å². The molecule has 7 nitrogen and oxygen atoms in total. The van der Waals surface area contributed by atoms with Gasteiger partial charge in [0.05, 0.1) is 12.7 Å². The number of nitrogens with one attached hydrogen (secondary N) is 1. The highest BCUT2D eigenvalue weighted by Crippen LogP contribution is 2.17. The average Bonchev–Trinajstić information content (AvgIpc) is 2.82. The molecule has 1 aromatic heterocycles. The number of hydrogen-bond acceptors (Lipinski definition) is 5. The molecular weight excluding hydrogens is 268 g/mol. The fraction of sp³-hybridized carbons (Fsp3) is 0.727. The zero-order valence-corrected chi connectivity index (χ0v) is 11.8. The lowest BCUT2D eigenvalue weighted by Gasteiger charge is -2.30. The fourth-order valence-electron chi connectivity index (χ4n) is 2.11. The number of nitrogens with two attached hydrogens (primary N) is 1. The van der Waals surface area contributed by atoms with E-state index >= 15 is 0 Å². The van der Waals surface area contributed by atoms with Gasteiger partial charge in [-0.2, -0.15) is 17.4 Å². The molecule has 0 amide bonds. The Kier molecular flexibility index (Phi) is 4.56. The van der Waals surface area contributed by atoms with E-state index in [1.165, 1.54) is 4.31 Å². The first-order valence-corrected chi connectivity index (χ1v) is 7.81. The third-order valence-electron chi connectivity index (χ3n) is 3.32. The van der Waals surface area contributed by atoms with Gasteiger partial charge in [0.2, 0.25) is 5.89 Å². The van der Waals surface area contributed by atoms with Gasteiger partial charge in [-0.15, -0.1) is 0 Å². The highest BCUT2D eigenvalue weighted by atomic mass is 32.2. The summed E-state index contributed by atoms with van der Waals surface area (Å²) in [4.78, 5) is 3.96. The summed E-state index contributed by atoms with van der Waals surface area (Å²) >= 11 is 0. The first kappa shape index (κ1) is 14.4. The van der Waals surface area contributed by atoms with Gasteiger partial charge in [-0.1, -0.05) is 0 Å². The van der Waals surface area contributed by atoms with Gasteiger partial charge in [0.25, 0.3) is 10.2 Å². The molecular formula is C11H20N4O3S. The molecule has 1 fully saturated rings. The van der Waals surface area contributed by atoms with E-state index in [1.54, 1.807) is 13.1 Å². The summed E-state index contributed by atoms with van der Waals surface area (Å²) in [5, 5.41) is 0. The average molecular weight is 288 g/mol.